The Labute approximate surface area is 91.5 Å². The van der Waals surface area contributed by atoms with Crippen LogP contribution in [0.25, 0.3) is 5.57 Å². The molecule has 0 atom stereocenters. The molecule has 0 saturated carbocycles. The fraction of sp³-hybridized carbons (Fsp3) is 0.286. The molecule has 1 aliphatic rings. The summed E-state index contributed by atoms with van der Waals surface area (Å²) in [5, 5.41) is 3.37. The van der Waals surface area contributed by atoms with E-state index in [4.69, 9.17) is 0 Å². The highest BCUT2D eigenvalue weighted by Gasteiger charge is 2.07. The van der Waals surface area contributed by atoms with Crippen LogP contribution in [0, 0.1) is 6.92 Å². The third kappa shape index (κ3) is 2.18. The number of aryl methyl sites for hydroxylation is 1. The summed E-state index contributed by atoms with van der Waals surface area (Å²) >= 11 is 0. The van der Waals surface area contributed by atoms with Crippen molar-refractivity contribution >= 4 is 5.57 Å². The molecule has 1 aliphatic heterocycles. The van der Waals surface area contributed by atoms with Gasteiger partial charge < -0.3 is 5.32 Å². The largest absolute Gasteiger partial charge is 0.310 e. The normalized spacial score (nSPS) is 16.7. The minimum atomic E-state index is 0.965. The molecule has 0 amide bonds. The fourth-order valence-electron chi connectivity index (χ4n) is 1.95. The second kappa shape index (κ2) is 4.45. The summed E-state index contributed by atoms with van der Waals surface area (Å²) in [5.41, 5.74) is 5.49. The lowest BCUT2D eigenvalue weighted by Crippen LogP contribution is -2.14. The molecule has 0 bridgehead atoms. The van der Waals surface area contributed by atoms with Gasteiger partial charge in [-0.3, -0.25) is 0 Å². The molecule has 0 aromatic heterocycles. The van der Waals surface area contributed by atoms with Gasteiger partial charge in [0, 0.05) is 13.1 Å². The van der Waals surface area contributed by atoms with Gasteiger partial charge in [0.05, 0.1) is 0 Å². The van der Waals surface area contributed by atoms with Crippen molar-refractivity contribution in [1.29, 1.82) is 0 Å². The zero-order valence-electron chi connectivity index (χ0n) is 9.38. The molecular weight excluding hydrogens is 182 g/mol. The van der Waals surface area contributed by atoms with Crippen LogP contribution in [-0.2, 0) is 0 Å². The third-order valence-corrected chi connectivity index (χ3v) is 2.83. The number of nitrogens with one attached hydrogen (secondary N) is 1. The standard InChI is InChI=1S/C14H17N/c1-11-6-3-4-7-13(11)14-8-5-9-15-10-12(14)2/h3-8,15H,9-10H2,1-2H3. The van der Waals surface area contributed by atoms with E-state index in [1.807, 2.05) is 0 Å². The molecule has 0 aliphatic carbocycles. The first-order valence-electron chi connectivity index (χ1n) is 5.42. The maximum Gasteiger partial charge on any atom is 0.0174 e. The maximum absolute atomic E-state index is 3.37. The van der Waals surface area contributed by atoms with Gasteiger partial charge in [-0.1, -0.05) is 42.0 Å². The molecule has 1 N–H and O–H groups in total. The zero-order chi connectivity index (χ0) is 10.7. The van der Waals surface area contributed by atoms with E-state index in [1.165, 1.54) is 22.3 Å². The molecule has 1 aromatic carbocycles. The SMILES string of the molecule is CC1=C(c2ccccc2C)C=CCNC1. The molecule has 15 heavy (non-hydrogen) atoms. The fourth-order valence-corrected chi connectivity index (χ4v) is 1.95. The molecule has 0 unspecified atom stereocenters. The van der Waals surface area contributed by atoms with Crippen LogP contribution in [0.3, 0.4) is 0 Å². The number of hydrogen-bond acceptors (Lipinski definition) is 1. The predicted octanol–water partition coefficient (Wildman–Crippen LogP) is 2.93. The summed E-state index contributed by atoms with van der Waals surface area (Å²) in [7, 11) is 0. The summed E-state index contributed by atoms with van der Waals surface area (Å²) in [6, 6.07) is 8.56. The van der Waals surface area contributed by atoms with Crippen molar-refractivity contribution in [2.75, 3.05) is 13.1 Å². The van der Waals surface area contributed by atoms with Crippen LogP contribution in [0.4, 0.5) is 0 Å². The van der Waals surface area contributed by atoms with E-state index in [-0.39, 0.29) is 0 Å². The van der Waals surface area contributed by atoms with Crippen molar-refractivity contribution in [3.63, 3.8) is 0 Å². The Morgan fingerprint density at radius 3 is 2.73 bits per heavy atom. The monoisotopic (exact) mass is 199 g/mol. The Hall–Kier alpha value is -1.34. The molecule has 1 nitrogen and oxygen atoms in total. The summed E-state index contributed by atoms with van der Waals surface area (Å²) in [5.74, 6) is 0. The lowest BCUT2D eigenvalue weighted by atomic mass is 9.96. The van der Waals surface area contributed by atoms with Crippen molar-refractivity contribution in [1.82, 2.24) is 5.32 Å². The lowest BCUT2D eigenvalue weighted by molar-refractivity contribution is 0.822. The second-order valence-corrected chi connectivity index (χ2v) is 4.04. The Morgan fingerprint density at radius 2 is 1.93 bits per heavy atom. The van der Waals surface area contributed by atoms with Gasteiger partial charge in [-0.15, -0.1) is 0 Å². The summed E-state index contributed by atoms with van der Waals surface area (Å²) in [6.45, 7) is 6.32. The van der Waals surface area contributed by atoms with Gasteiger partial charge in [0.1, 0.15) is 0 Å². The average molecular weight is 199 g/mol. The minimum absolute atomic E-state index is 0.965. The van der Waals surface area contributed by atoms with Crippen LogP contribution in [-0.4, -0.2) is 13.1 Å². The predicted molar refractivity (Wildman–Crippen MR) is 65.8 cm³/mol. The van der Waals surface area contributed by atoms with Gasteiger partial charge in [-0.25, -0.2) is 0 Å². The number of hydrogen-bond donors (Lipinski definition) is 1. The van der Waals surface area contributed by atoms with Crippen molar-refractivity contribution < 1.29 is 0 Å². The summed E-state index contributed by atoms with van der Waals surface area (Å²) < 4.78 is 0. The van der Waals surface area contributed by atoms with Gasteiger partial charge in [0.15, 0.2) is 0 Å². The third-order valence-electron chi connectivity index (χ3n) is 2.83. The second-order valence-electron chi connectivity index (χ2n) is 4.04. The van der Waals surface area contributed by atoms with Gasteiger partial charge in [0.2, 0.25) is 0 Å². The van der Waals surface area contributed by atoms with E-state index >= 15 is 0 Å². The van der Waals surface area contributed by atoms with Crippen molar-refractivity contribution in [3.8, 4) is 0 Å². The lowest BCUT2D eigenvalue weighted by Gasteiger charge is -2.09. The molecule has 0 spiro atoms. The van der Waals surface area contributed by atoms with Crippen LogP contribution < -0.4 is 5.32 Å². The van der Waals surface area contributed by atoms with Gasteiger partial charge in [-0.2, -0.15) is 0 Å². The molecular formula is C14H17N. The first-order valence-corrected chi connectivity index (χ1v) is 5.42. The molecule has 2 rings (SSSR count). The van der Waals surface area contributed by atoms with Crippen molar-refractivity contribution in [2.45, 2.75) is 13.8 Å². The molecule has 1 heteroatoms. The van der Waals surface area contributed by atoms with Crippen LogP contribution in [0.5, 0.6) is 0 Å². The van der Waals surface area contributed by atoms with E-state index < -0.39 is 0 Å². The quantitative estimate of drug-likeness (QED) is 0.733. The van der Waals surface area contributed by atoms with E-state index in [0.717, 1.165) is 13.1 Å². The Bertz CT molecular complexity index is 413. The highest BCUT2D eigenvalue weighted by Crippen LogP contribution is 2.23. The molecule has 1 heterocycles. The van der Waals surface area contributed by atoms with Gasteiger partial charge in [-0.05, 0) is 30.5 Å². The van der Waals surface area contributed by atoms with Crippen LogP contribution in [0.15, 0.2) is 42.0 Å². The Kier molecular flexibility index (Phi) is 3.02. The number of benzene rings is 1. The van der Waals surface area contributed by atoms with E-state index in [1.54, 1.807) is 0 Å². The zero-order valence-corrected chi connectivity index (χ0v) is 9.38. The van der Waals surface area contributed by atoms with Crippen LogP contribution in [0.2, 0.25) is 0 Å². The maximum atomic E-state index is 3.37. The highest BCUT2D eigenvalue weighted by atomic mass is 14.8. The topological polar surface area (TPSA) is 12.0 Å². The van der Waals surface area contributed by atoms with E-state index in [9.17, 15) is 0 Å². The Balaban J connectivity index is 2.49. The highest BCUT2D eigenvalue weighted by molar-refractivity contribution is 5.78. The first-order chi connectivity index (χ1) is 7.29. The van der Waals surface area contributed by atoms with Gasteiger partial charge >= 0.3 is 0 Å². The van der Waals surface area contributed by atoms with Gasteiger partial charge in [0.25, 0.3) is 0 Å². The molecule has 1 aromatic rings. The molecule has 78 valence electrons. The average Bonchev–Trinajstić information content (AvgIpc) is 2.44. The molecule has 0 saturated heterocycles. The minimum Gasteiger partial charge on any atom is -0.310 e. The smallest absolute Gasteiger partial charge is 0.0174 e. The summed E-state index contributed by atoms with van der Waals surface area (Å²) in [6.07, 6.45) is 4.43. The number of allylic oxidation sites excluding steroid dienone is 2. The van der Waals surface area contributed by atoms with E-state index in [2.05, 4.69) is 55.6 Å². The molecule has 0 radical (unpaired) electrons. The first kappa shape index (κ1) is 10.2. The van der Waals surface area contributed by atoms with Crippen molar-refractivity contribution in [3.05, 3.63) is 53.1 Å². The Morgan fingerprint density at radius 1 is 1.13 bits per heavy atom. The summed E-state index contributed by atoms with van der Waals surface area (Å²) in [4.78, 5) is 0. The van der Waals surface area contributed by atoms with Crippen LogP contribution >= 0.6 is 0 Å². The molecule has 0 fully saturated rings. The number of rotatable bonds is 1. The van der Waals surface area contributed by atoms with Crippen LogP contribution in [0.1, 0.15) is 18.1 Å². The van der Waals surface area contributed by atoms with Crippen molar-refractivity contribution in [2.24, 2.45) is 0 Å². The van der Waals surface area contributed by atoms with E-state index in [0.29, 0.717) is 0 Å².